The molecule has 2 amide bonds. The zero-order valence-corrected chi connectivity index (χ0v) is 17.8. The number of ether oxygens (including phenoxy) is 1. The van der Waals surface area contributed by atoms with Gasteiger partial charge in [-0.05, 0) is 48.4 Å². The third-order valence-corrected chi connectivity index (χ3v) is 6.17. The van der Waals surface area contributed by atoms with Crippen LogP contribution in [0.15, 0.2) is 48.5 Å². The second-order valence-corrected chi connectivity index (χ2v) is 8.17. The maximum atomic E-state index is 12.5. The molecule has 0 radical (unpaired) electrons. The molecule has 1 atom stereocenters. The zero-order chi connectivity index (χ0) is 20.6. The van der Waals surface area contributed by atoms with E-state index in [2.05, 4.69) is 12.2 Å². The fourth-order valence-corrected chi connectivity index (χ4v) is 4.54. The van der Waals surface area contributed by atoms with Gasteiger partial charge >= 0.3 is 0 Å². The van der Waals surface area contributed by atoms with Crippen LogP contribution in [0, 0.1) is 0 Å². The molecule has 2 aromatic rings. The number of nitrogens with zero attached hydrogens (tertiary/aromatic N) is 1. The molecule has 1 aliphatic rings. The normalized spacial score (nSPS) is 16.1. The van der Waals surface area contributed by atoms with Gasteiger partial charge in [-0.2, -0.15) is 0 Å². The molecule has 5 nitrogen and oxygen atoms in total. The molecule has 0 unspecified atom stereocenters. The largest absolute Gasteiger partial charge is 0.497 e. The molecule has 1 fully saturated rings. The summed E-state index contributed by atoms with van der Waals surface area (Å²) in [7, 11) is 1.63. The fourth-order valence-electron chi connectivity index (χ4n) is 3.36. The van der Waals surface area contributed by atoms with E-state index in [1.807, 2.05) is 53.4 Å². The monoisotopic (exact) mass is 412 g/mol. The summed E-state index contributed by atoms with van der Waals surface area (Å²) < 4.78 is 5.21. The minimum atomic E-state index is -0.0744. The maximum absolute atomic E-state index is 12.5. The standard InChI is InChI=1S/C23H28N2O3S/c1-3-4-5-6-7-21(26)24-18-10-8-17(9-11-18)23-25(22(27)16-29-23)19-12-14-20(28-2)15-13-19/h8-15,23H,3-7,16H2,1-2H3,(H,24,26)/t23-/m1/s1. The van der Waals surface area contributed by atoms with Crippen LogP contribution in [0.3, 0.4) is 0 Å². The lowest BCUT2D eigenvalue weighted by molar-refractivity contribution is -0.116. The molecule has 0 aromatic heterocycles. The van der Waals surface area contributed by atoms with Crippen molar-refractivity contribution >= 4 is 35.0 Å². The number of nitrogens with one attached hydrogen (secondary N) is 1. The van der Waals surface area contributed by atoms with Gasteiger partial charge in [0.2, 0.25) is 11.8 Å². The van der Waals surface area contributed by atoms with Crippen molar-refractivity contribution in [2.45, 2.75) is 44.4 Å². The summed E-state index contributed by atoms with van der Waals surface area (Å²) in [6.07, 6.45) is 4.91. The van der Waals surface area contributed by atoms with Crippen LogP contribution in [-0.2, 0) is 9.59 Å². The van der Waals surface area contributed by atoms with Crippen molar-refractivity contribution in [1.29, 1.82) is 0 Å². The first-order chi connectivity index (χ1) is 14.1. The molecule has 29 heavy (non-hydrogen) atoms. The summed E-state index contributed by atoms with van der Waals surface area (Å²) >= 11 is 1.61. The third-order valence-electron chi connectivity index (χ3n) is 4.96. The summed E-state index contributed by atoms with van der Waals surface area (Å²) in [4.78, 5) is 26.4. The smallest absolute Gasteiger partial charge is 0.238 e. The molecule has 1 N–H and O–H groups in total. The predicted molar refractivity (Wildman–Crippen MR) is 120 cm³/mol. The number of rotatable bonds is 9. The van der Waals surface area contributed by atoms with E-state index in [4.69, 9.17) is 4.74 Å². The maximum Gasteiger partial charge on any atom is 0.238 e. The molecular weight excluding hydrogens is 384 g/mol. The van der Waals surface area contributed by atoms with E-state index in [1.54, 1.807) is 18.9 Å². The lowest BCUT2D eigenvalue weighted by Gasteiger charge is -2.24. The van der Waals surface area contributed by atoms with E-state index in [9.17, 15) is 9.59 Å². The highest BCUT2D eigenvalue weighted by Crippen LogP contribution is 2.42. The Kier molecular flexibility index (Phi) is 7.58. The van der Waals surface area contributed by atoms with E-state index in [0.717, 1.165) is 42.0 Å². The van der Waals surface area contributed by atoms with Gasteiger partial charge in [-0.15, -0.1) is 11.8 Å². The number of hydrogen-bond donors (Lipinski definition) is 1. The van der Waals surface area contributed by atoms with Gasteiger partial charge in [0.25, 0.3) is 0 Å². The zero-order valence-electron chi connectivity index (χ0n) is 17.0. The summed E-state index contributed by atoms with van der Waals surface area (Å²) in [5.74, 6) is 1.36. The lowest BCUT2D eigenvalue weighted by atomic mass is 10.1. The second kappa shape index (κ2) is 10.3. The van der Waals surface area contributed by atoms with Crippen LogP contribution in [0.25, 0.3) is 0 Å². The number of anilines is 2. The lowest BCUT2D eigenvalue weighted by Crippen LogP contribution is -2.27. The molecule has 0 bridgehead atoms. The van der Waals surface area contributed by atoms with Gasteiger partial charge in [0.05, 0.1) is 12.9 Å². The van der Waals surface area contributed by atoms with E-state index >= 15 is 0 Å². The minimum absolute atomic E-state index is 0.0548. The Balaban J connectivity index is 1.64. The van der Waals surface area contributed by atoms with E-state index < -0.39 is 0 Å². The number of unbranched alkanes of at least 4 members (excludes halogenated alkanes) is 3. The number of benzene rings is 2. The number of carbonyl (C=O) groups excluding carboxylic acids is 2. The molecule has 0 aliphatic carbocycles. The third kappa shape index (κ3) is 5.54. The molecule has 2 aromatic carbocycles. The summed E-state index contributed by atoms with van der Waals surface area (Å²) in [6.45, 7) is 2.16. The molecule has 1 heterocycles. The van der Waals surface area contributed by atoms with Crippen molar-refractivity contribution in [2.75, 3.05) is 23.1 Å². The van der Waals surface area contributed by atoms with Crippen LogP contribution in [0.4, 0.5) is 11.4 Å². The van der Waals surface area contributed by atoms with Crippen LogP contribution in [0.1, 0.15) is 50.0 Å². The Hall–Kier alpha value is -2.47. The highest BCUT2D eigenvalue weighted by atomic mass is 32.2. The molecule has 1 aliphatic heterocycles. The summed E-state index contributed by atoms with van der Waals surface area (Å²) in [6, 6.07) is 15.3. The average molecular weight is 413 g/mol. The molecule has 6 heteroatoms. The Bertz CT molecular complexity index is 821. The molecule has 154 valence electrons. The number of hydrogen-bond acceptors (Lipinski definition) is 4. The van der Waals surface area contributed by atoms with Crippen LogP contribution in [0.2, 0.25) is 0 Å². The van der Waals surface area contributed by atoms with Crippen molar-refractivity contribution in [3.05, 3.63) is 54.1 Å². The van der Waals surface area contributed by atoms with Gasteiger partial charge in [-0.1, -0.05) is 38.3 Å². The molecule has 0 spiro atoms. The number of carbonyl (C=O) groups is 2. The van der Waals surface area contributed by atoms with Gasteiger partial charge in [0.1, 0.15) is 11.1 Å². The molecule has 3 rings (SSSR count). The Morgan fingerprint density at radius 2 is 1.83 bits per heavy atom. The Morgan fingerprint density at radius 3 is 2.48 bits per heavy atom. The van der Waals surface area contributed by atoms with E-state index in [1.165, 1.54) is 6.42 Å². The van der Waals surface area contributed by atoms with Gasteiger partial charge in [-0.3, -0.25) is 14.5 Å². The molecule has 1 saturated heterocycles. The Labute approximate surface area is 176 Å². The fraction of sp³-hybridized carbons (Fsp3) is 0.391. The van der Waals surface area contributed by atoms with Gasteiger partial charge < -0.3 is 10.1 Å². The van der Waals surface area contributed by atoms with Crippen molar-refractivity contribution in [2.24, 2.45) is 0 Å². The first kappa shape index (κ1) is 21.2. The van der Waals surface area contributed by atoms with Crippen molar-refractivity contribution in [3.63, 3.8) is 0 Å². The minimum Gasteiger partial charge on any atom is -0.497 e. The topological polar surface area (TPSA) is 58.6 Å². The highest BCUT2D eigenvalue weighted by molar-refractivity contribution is 8.00. The van der Waals surface area contributed by atoms with Crippen molar-refractivity contribution in [3.8, 4) is 5.75 Å². The van der Waals surface area contributed by atoms with E-state index in [-0.39, 0.29) is 17.2 Å². The second-order valence-electron chi connectivity index (χ2n) is 7.11. The molecular formula is C23H28N2O3S. The van der Waals surface area contributed by atoms with Gasteiger partial charge in [-0.25, -0.2) is 0 Å². The Morgan fingerprint density at radius 1 is 1.10 bits per heavy atom. The van der Waals surface area contributed by atoms with Crippen LogP contribution in [-0.4, -0.2) is 24.7 Å². The number of thioether (sulfide) groups is 1. The number of amides is 2. The number of methoxy groups -OCH3 is 1. The highest BCUT2D eigenvalue weighted by Gasteiger charge is 2.34. The van der Waals surface area contributed by atoms with Crippen molar-refractivity contribution in [1.82, 2.24) is 0 Å². The summed E-state index contributed by atoms with van der Waals surface area (Å²) in [5, 5.41) is 2.89. The van der Waals surface area contributed by atoms with Crippen molar-refractivity contribution < 1.29 is 14.3 Å². The quantitative estimate of drug-likeness (QED) is 0.562. The van der Waals surface area contributed by atoms with Gasteiger partial charge in [0, 0.05) is 17.8 Å². The first-order valence-corrected chi connectivity index (χ1v) is 11.1. The van der Waals surface area contributed by atoms with Gasteiger partial charge in [0.15, 0.2) is 0 Å². The van der Waals surface area contributed by atoms with Crippen LogP contribution >= 0.6 is 11.8 Å². The first-order valence-electron chi connectivity index (χ1n) is 10.1. The van der Waals surface area contributed by atoms with Crippen LogP contribution < -0.4 is 15.0 Å². The van der Waals surface area contributed by atoms with Crippen LogP contribution in [0.5, 0.6) is 5.75 Å². The van der Waals surface area contributed by atoms with E-state index in [0.29, 0.717) is 12.2 Å². The SMILES string of the molecule is CCCCCCC(=O)Nc1ccc([C@H]2SCC(=O)N2c2ccc(OC)cc2)cc1. The predicted octanol–water partition coefficient (Wildman–Crippen LogP) is 5.38. The summed E-state index contributed by atoms with van der Waals surface area (Å²) in [5.41, 5.74) is 2.69. The molecule has 0 saturated carbocycles. The average Bonchev–Trinajstić information content (AvgIpc) is 3.13.